The number of anilines is 1. The maximum absolute atomic E-state index is 11.2. The smallest absolute Gasteiger partial charge is 0.319 e. The van der Waals surface area contributed by atoms with Gasteiger partial charge in [0.1, 0.15) is 5.69 Å². The third kappa shape index (κ3) is 3.31. The molecular weight excluding hydrogens is 278 g/mol. The molecule has 0 saturated heterocycles. The van der Waals surface area contributed by atoms with Crippen molar-refractivity contribution in [3.8, 4) is 0 Å². The monoisotopic (exact) mass is 293 g/mol. The minimum Gasteiger partial charge on any atom is -0.377 e. The minimum absolute atomic E-state index is 0.0173. The highest BCUT2D eigenvalue weighted by Crippen LogP contribution is 2.34. The van der Waals surface area contributed by atoms with Gasteiger partial charge < -0.3 is 10.1 Å². The molecule has 0 aliphatic heterocycles. The summed E-state index contributed by atoms with van der Waals surface area (Å²) in [6.45, 7) is 7.06. The third-order valence-corrected chi connectivity index (χ3v) is 3.36. The lowest BCUT2D eigenvalue weighted by Gasteiger charge is -2.08. The summed E-state index contributed by atoms with van der Waals surface area (Å²) in [7, 11) is 0. The van der Waals surface area contributed by atoms with Gasteiger partial charge in [-0.15, -0.1) is 11.3 Å². The molecule has 1 aromatic heterocycles. The van der Waals surface area contributed by atoms with E-state index in [2.05, 4.69) is 16.9 Å². The van der Waals surface area contributed by atoms with Crippen LogP contribution in [0.1, 0.15) is 6.92 Å². The van der Waals surface area contributed by atoms with Crippen LogP contribution >= 0.6 is 11.3 Å². The maximum Gasteiger partial charge on any atom is 0.319 e. The van der Waals surface area contributed by atoms with E-state index in [0.29, 0.717) is 31.0 Å². The summed E-state index contributed by atoms with van der Waals surface area (Å²) in [6.07, 6.45) is 0. The largest absolute Gasteiger partial charge is 0.377 e. The van der Waals surface area contributed by atoms with Crippen molar-refractivity contribution in [2.24, 2.45) is 0 Å². The highest BCUT2D eigenvalue weighted by atomic mass is 32.1. The van der Waals surface area contributed by atoms with Gasteiger partial charge in [-0.3, -0.25) is 10.1 Å². The van der Waals surface area contributed by atoms with Crippen molar-refractivity contribution in [1.82, 2.24) is 4.98 Å². The molecule has 20 heavy (non-hydrogen) atoms. The number of ether oxygens (including phenoxy) is 1. The number of hydrogen-bond acceptors (Lipinski definition) is 6. The lowest BCUT2D eigenvalue weighted by atomic mass is 10.2. The van der Waals surface area contributed by atoms with Crippen LogP contribution in [-0.4, -0.2) is 29.7 Å². The first-order valence-corrected chi connectivity index (χ1v) is 6.94. The average molecular weight is 293 g/mol. The van der Waals surface area contributed by atoms with Crippen LogP contribution < -0.4 is 5.32 Å². The molecule has 1 aromatic carbocycles. The number of nitro benzene ring substituents is 1. The Morgan fingerprint density at radius 3 is 3.10 bits per heavy atom. The Kier molecular flexibility index (Phi) is 4.65. The van der Waals surface area contributed by atoms with Crippen LogP contribution in [0, 0.1) is 10.1 Å². The van der Waals surface area contributed by atoms with E-state index in [1.54, 1.807) is 11.6 Å². The molecule has 6 nitrogen and oxygen atoms in total. The molecule has 7 heteroatoms. The molecule has 0 radical (unpaired) electrons. The van der Waals surface area contributed by atoms with E-state index < -0.39 is 4.92 Å². The number of thiazole rings is 1. The first kappa shape index (κ1) is 14.4. The van der Waals surface area contributed by atoms with Crippen LogP contribution in [-0.2, 0) is 4.74 Å². The summed E-state index contributed by atoms with van der Waals surface area (Å²) < 4.78 is 6.15. The molecule has 0 spiro atoms. The summed E-state index contributed by atoms with van der Waals surface area (Å²) in [6, 6.07) is 3.54. The van der Waals surface area contributed by atoms with Crippen molar-refractivity contribution in [3.05, 3.63) is 39.9 Å². The van der Waals surface area contributed by atoms with Crippen molar-refractivity contribution in [2.75, 3.05) is 25.1 Å². The predicted molar refractivity (Wildman–Crippen MR) is 80.4 cm³/mol. The van der Waals surface area contributed by atoms with E-state index in [1.807, 2.05) is 13.0 Å². The summed E-state index contributed by atoms with van der Waals surface area (Å²) >= 11 is 1.39. The molecule has 0 bridgehead atoms. The Morgan fingerprint density at radius 2 is 2.40 bits per heavy atom. The van der Waals surface area contributed by atoms with E-state index in [-0.39, 0.29) is 5.69 Å². The molecule has 1 heterocycles. The lowest BCUT2D eigenvalue weighted by Crippen LogP contribution is -2.11. The number of hydrogen-bond donors (Lipinski definition) is 1. The number of nitro groups is 1. The summed E-state index contributed by atoms with van der Waals surface area (Å²) in [4.78, 5) is 14.9. The van der Waals surface area contributed by atoms with Gasteiger partial charge in [0.25, 0.3) is 0 Å². The zero-order chi connectivity index (χ0) is 14.5. The Hall–Kier alpha value is -1.99. The van der Waals surface area contributed by atoms with Crippen molar-refractivity contribution >= 4 is 32.9 Å². The summed E-state index contributed by atoms with van der Waals surface area (Å²) in [5.41, 5.74) is 3.46. The van der Waals surface area contributed by atoms with Gasteiger partial charge in [0.15, 0.2) is 5.52 Å². The molecule has 106 valence electrons. The fourth-order valence-corrected chi connectivity index (χ4v) is 2.43. The highest BCUT2D eigenvalue weighted by molar-refractivity contribution is 7.16. The number of rotatable bonds is 7. The molecule has 0 unspecified atom stereocenters. The Morgan fingerprint density at radius 1 is 1.60 bits per heavy atom. The number of nitrogens with zero attached hydrogens (tertiary/aromatic N) is 2. The van der Waals surface area contributed by atoms with Crippen LogP contribution in [0.15, 0.2) is 29.8 Å². The Labute approximate surface area is 120 Å². The molecule has 0 amide bonds. The molecular formula is C13H15N3O3S. The van der Waals surface area contributed by atoms with E-state index in [4.69, 9.17) is 4.74 Å². The van der Waals surface area contributed by atoms with Crippen molar-refractivity contribution in [1.29, 1.82) is 0 Å². The second-order valence-electron chi connectivity index (χ2n) is 4.35. The van der Waals surface area contributed by atoms with E-state index in [1.165, 1.54) is 11.3 Å². The fourth-order valence-electron chi connectivity index (χ4n) is 1.75. The van der Waals surface area contributed by atoms with Crippen molar-refractivity contribution < 1.29 is 9.66 Å². The van der Waals surface area contributed by atoms with Crippen LogP contribution in [0.5, 0.6) is 0 Å². The molecule has 0 atom stereocenters. The summed E-state index contributed by atoms with van der Waals surface area (Å²) in [5.74, 6) is 0. The highest BCUT2D eigenvalue weighted by Gasteiger charge is 2.20. The van der Waals surface area contributed by atoms with Crippen molar-refractivity contribution in [2.45, 2.75) is 6.92 Å². The first-order valence-electron chi connectivity index (χ1n) is 6.06. The van der Waals surface area contributed by atoms with E-state index in [9.17, 15) is 10.1 Å². The molecule has 0 aliphatic rings. The van der Waals surface area contributed by atoms with Gasteiger partial charge in [0.05, 0.1) is 28.3 Å². The number of benzene rings is 1. The van der Waals surface area contributed by atoms with Gasteiger partial charge in [0, 0.05) is 6.54 Å². The standard InChI is InChI=1S/C13H15N3O3S/c1-9(2)7-19-6-5-14-10-3-4-11-12(15-8-20-11)13(10)16(17)18/h3-4,8,14H,1,5-7H2,2H3. The first-order chi connectivity index (χ1) is 9.59. The molecule has 2 aromatic rings. The average Bonchev–Trinajstić information content (AvgIpc) is 2.85. The second-order valence-corrected chi connectivity index (χ2v) is 5.24. The lowest BCUT2D eigenvalue weighted by molar-refractivity contribution is -0.382. The second kappa shape index (κ2) is 6.44. The van der Waals surface area contributed by atoms with Crippen LogP contribution in [0.4, 0.5) is 11.4 Å². The van der Waals surface area contributed by atoms with Gasteiger partial charge in [-0.2, -0.15) is 0 Å². The molecule has 0 saturated carbocycles. The van der Waals surface area contributed by atoms with Gasteiger partial charge in [0.2, 0.25) is 0 Å². The SMILES string of the molecule is C=C(C)COCCNc1ccc2scnc2c1[N+](=O)[O-]. The van der Waals surface area contributed by atoms with Crippen molar-refractivity contribution in [3.63, 3.8) is 0 Å². The molecule has 0 aliphatic carbocycles. The van der Waals surface area contributed by atoms with E-state index in [0.717, 1.165) is 10.3 Å². The van der Waals surface area contributed by atoms with Gasteiger partial charge in [-0.05, 0) is 19.1 Å². The quantitative estimate of drug-likeness (QED) is 0.367. The number of fused-ring (bicyclic) bond motifs is 1. The van der Waals surface area contributed by atoms with Crippen LogP contribution in [0.25, 0.3) is 10.2 Å². The number of nitrogens with one attached hydrogen (secondary N) is 1. The predicted octanol–water partition coefficient (Wildman–Crippen LogP) is 3.21. The summed E-state index contributed by atoms with van der Waals surface area (Å²) in [5, 5.41) is 14.2. The molecule has 2 rings (SSSR count). The Balaban J connectivity index is 2.07. The maximum atomic E-state index is 11.2. The minimum atomic E-state index is -0.404. The Bertz CT molecular complexity index is 639. The van der Waals surface area contributed by atoms with E-state index >= 15 is 0 Å². The van der Waals surface area contributed by atoms with Gasteiger partial charge >= 0.3 is 5.69 Å². The number of aromatic nitrogens is 1. The zero-order valence-corrected chi connectivity index (χ0v) is 11.9. The zero-order valence-electron chi connectivity index (χ0n) is 11.1. The normalized spacial score (nSPS) is 10.7. The third-order valence-electron chi connectivity index (χ3n) is 2.57. The van der Waals surface area contributed by atoms with Gasteiger partial charge in [-0.1, -0.05) is 12.2 Å². The molecule has 1 N–H and O–H groups in total. The van der Waals surface area contributed by atoms with Gasteiger partial charge in [-0.25, -0.2) is 4.98 Å². The fraction of sp³-hybridized carbons (Fsp3) is 0.308. The van der Waals surface area contributed by atoms with Crippen LogP contribution in [0.2, 0.25) is 0 Å². The molecule has 0 fully saturated rings. The van der Waals surface area contributed by atoms with Crippen LogP contribution in [0.3, 0.4) is 0 Å². The topological polar surface area (TPSA) is 77.3 Å².